The monoisotopic (exact) mass is 225 g/mol. The van der Waals surface area contributed by atoms with E-state index in [0.29, 0.717) is 25.2 Å². The van der Waals surface area contributed by atoms with Crippen LogP contribution in [0.2, 0.25) is 0 Å². The third-order valence-electron chi connectivity index (χ3n) is 3.11. The van der Waals surface area contributed by atoms with Crippen molar-refractivity contribution in [2.45, 2.75) is 38.2 Å². The van der Waals surface area contributed by atoms with Crippen molar-refractivity contribution in [2.24, 2.45) is 5.92 Å². The first-order valence-electron chi connectivity index (χ1n) is 5.40. The number of nitrogens with zero attached hydrogens (tertiary/aromatic N) is 3. The first-order chi connectivity index (χ1) is 7.61. The molecule has 1 fully saturated rings. The molecule has 1 aliphatic rings. The molecule has 0 N–H and O–H groups in total. The molecular formula is C11H13F2N3. The van der Waals surface area contributed by atoms with Gasteiger partial charge in [0.2, 0.25) is 11.7 Å². The van der Waals surface area contributed by atoms with Crippen LogP contribution in [0.25, 0.3) is 0 Å². The maximum absolute atomic E-state index is 12.9. The van der Waals surface area contributed by atoms with Crippen LogP contribution >= 0.6 is 0 Å². The van der Waals surface area contributed by atoms with Crippen molar-refractivity contribution in [3.63, 3.8) is 0 Å². The minimum Gasteiger partial charge on any atom is -0.322 e. The Morgan fingerprint density at radius 2 is 2.19 bits per heavy atom. The third-order valence-corrected chi connectivity index (χ3v) is 3.11. The van der Waals surface area contributed by atoms with E-state index >= 15 is 0 Å². The number of imidazole rings is 1. The zero-order valence-corrected chi connectivity index (χ0v) is 8.87. The molecule has 0 saturated heterocycles. The van der Waals surface area contributed by atoms with Gasteiger partial charge in [-0.05, 0) is 18.8 Å². The number of aromatic nitrogens is 2. The van der Waals surface area contributed by atoms with Crippen molar-refractivity contribution in [3.8, 4) is 6.07 Å². The molecule has 0 amide bonds. The summed E-state index contributed by atoms with van der Waals surface area (Å²) in [4.78, 5) is 3.88. The first kappa shape index (κ1) is 11.1. The number of hydrogen-bond donors (Lipinski definition) is 0. The molecule has 0 aliphatic heterocycles. The molecule has 1 aromatic heterocycles. The Hall–Kier alpha value is -1.44. The molecule has 1 saturated carbocycles. The summed E-state index contributed by atoms with van der Waals surface area (Å²) < 4.78 is 27.6. The maximum atomic E-state index is 12.9. The van der Waals surface area contributed by atoms with Gasteiger partial charge in [-0.2, -0.15) is 5.26 Å². The molecule has 1 heterocycles. The highest BCUT2D eigenvalue weighted by molar-refractivity contribution is 5.11. The molecule has 0 radical (unpaired) electrons. The summed E-state index contributed by atoms with van der Waals surface area (Å²) in [6.07, 6.45) is 4.27. The van der Waals surface area contributed by atoms with E-state index in [1.54, 1.807) is 17.0 Å². The van der Waals surface area contributed by atoms with Gasteiger partial charge in [0.25, 0.3) is 0 Å². The molecule has 1 aromatic rings. The summed E-state index contributed by atoms with van der Waals surface area (Å²) in [5, 5.41) is 8.77. The largest absolute Gasteiger partial charge is 0.322 e. The van der Waals surface area contributed by atoms with E-state index < -0.39 is 5.92 Å². The van der Waals surface area contributed by atoms with Gasteiger partial charge >= 0.3 is 0 Å². The standard InChI is InChI=1S/C11H13F2N3/c12-11(13)3-1-9(2-4-11)8-16-6-5-15-10(16)7-14/h5-6,9H,1-4,8H2. The van der Waals surface area contributed by atoms with E-state index in [1.165, 1.54) is 0 Å². The molecule has 0 bridgehead atoms. The number of nitriles is 1. The normalized spacial score (nSPS) is 20.6. The van der Waals surface area contributed by atoms with Gasteiger partial charge in [0.1, 0.15) is 6.07 Å². The van der Waals surface area contributed by atoms with Gasteiger partial charge in [0.05, 0.1) is 0 Å². The van der Waals surface area contributed by atoms with Crippen LogP contribution in [0.5, 0.6) is 0 Å². The summed E-state index contributed by atoms with van der Waals surface area (Å²) in [5.41, 5.74) is 0. The second kappa shape index (κ2) is 4.20. The fourth-order valence-corrected chi connectivity index (χ4v) is 2.13. The molecule has 0 aromatic carbocycles. The van der Waals surface area contributed by atoms with Crippen LogP contribution in [0.4, 0.5) is 8.78 Å². The van der Waals surface area contributed by atoms with Crippen molar-refractivity contribution >= 4 is 0 Å². The predicted octanol–water partition coefficient (Wildman–Crippen LogP) is 2.58. The quantitative estimate of drug-likeness (QED) is 0.776. The molecule has 2 rings (SSSR count). The lowest BCUT2D eigenvalue weighted by Crippen LogP contribution is -2.26. The van der Waals surface area contributed by atoms with Crippen LogP contribution < -0.4 is 0 Å². The van der Waals surface area contributed by atoms with Crippen molar-refractivity contribution in [1.29, 1.82) is 5.26 Å². The highest BCUT2D eigenvalue weighted by Crippen LogP contribution is 2.36. The number of halogens is 2. The second-order valence-electron chi connectivity index (χ2n) is 4.31. The van der Waals surface area contributed by atoms with Crippen LogP contribution in [0.1, 0.15) is 31.5 Å². The molecule has 1 aliphatic carbocycles. The third kappa shape index (κ3) is 2.38. The smallest absolute Gasteiger partial charge is 0.248 e. The minimum absolute atomic E-state index is 0.0335. The van der Waals surface area contributed by atoms with Gasteiger partial charge in [-0.25, -0.2) is 13.8 Å². The van der Waals surface area contributed by atoms with E-state index in [2.05, 4.69) is 4.98 Å². The Labute approximate surface area is 92.7 Å². The van der Waals surface area contributed by atoms with Gasteiger partial charge in [-0.15, -0.1) is 0 Å². The van der Waals surface area contributed by atoms with Crippen LogP contribution in [-0.2, 0) is 6.54 Å². The van der Waals surface area contributed by atoms with Crippen molar-refractivity contribution in [2.75, 3.05) is 0 Å². The highest BCUT2D eigenvalue weighted by Gasteiger charge is 2.34. The lowest BCUT2D eigenvalue weighted by molar-refractivity contribution is -0.0473. The maximum Gasteiger partial charge on any atom is 0.248 e. The molecule has 16 heavy (non-hydrogen) atoms. The van der Waals surface area contributed by atoms with Crippen LogP contribution in [0, 0.1) is 17.2 Å². The Morgan fingerprint density at radius 1 is 1.50 bits per heavy atom. The number of alkyl halides is 2. The average Bonchev–Trinajstić information content (AvgIpc) is 2.68. The minimum atomic E-state index is -2.48. The topological polar surface area (TPSA) is 41.6 Å². The molecule has 0 unspecified atom stereocenters. The summed E-state index contributed by atoms with van der Waals surface area (Å²) in [6, 6.07) is 1.99. The Morgan fingerprint density at radius 3 is 2.81 bits per heavy atom. The van der Waals surface area contributed by atoms with Crippen LogP contribution in [-0.4, -0.2) is 15.5 Å². The predicted molar refractivity (Wildman–Crippen MR) is 53.8 cm³/mol. The molecule has 3 nitrogen and oxygen atoms in total. The van der Waals surface area contributed by atoms with Crippen LogP contribution in [0.15, 0.2) is 12.4 Å². The second-order valence-corrected chi connectivity index (χ2v) is 4.31. The van der Waals surface area contributed by atoms with Crippen LogP contribution in [0.3, 0.4) is 0 Å². The van der Waals surface area contributed by atoms with Crippen molar-refractivity contribution in [3.05, 3.63) is 18.2 Å². The zero-order valence-electron chi connectivity index (χ0n) is 8.87. The lowest BCUT2D eigenvalue weighted by Gasteiger charge is -2.28. The van der Waals surface area contributed by atoms with Gasteiger partial charge in [0.15, 0.2) is 0 Å². The lowest BCUT2D eigenvalue weighted by atomic mass is 9.87. The van der Waals surface area contributed by atoms with E-state index in [4.69, 9.17) is 5.26 Å². The summed E-state index contributed by atoms with van der Waals surface area (Å²) in [5.74, 6) is -1.89. The molecule has 5 heteroatoms. The van der Waals surface area contributed by atoms with Gasteiger partial charge in [0, 0.05) is 31.8 Å². The summed E-state index contributed by atoms with van der Waals surface area (Å²) in [7, 11) is 0. The number of rotatable bonds is 2. The SMILES string of the molecule is N#Cc1nccn1CC1CCC(F)(F)CC1. The average molecular weight is 225 g/mol. The van der Waals surface area contributed by atoms with Gasteiger partial charge < -0.3 is 4.57 Å². The van der Waals surface area contributed by atoms with E-state index in [1.807, 2.05) is 6.07 Å². The molecular weight excluding hydrogens is 212 g/mol. The summed E-state index contributed by atoms with van der Waals surface area (Å²) >= 11 is 0. The highest BCUT2D eigenvalue weighted by atomic mass is 19.3. The Balaban J connectivity index is 1.95. The summed E-state index contributed by atoms with van der Waals surface area (Å²) in [6.45, 7) is 0.624. The van der Waals surface area contributed by atoms with Crippen molar-refractivity contribution in [1.82, 2.24) is 9.55 Å². The fraction of sp³-hybridized carbons (Fsp3) is 0.636. The zero-order chi connectivity index (χ0) is 11.6. The van der Waals surface area contributed by atoms with Gasteiger partial charge in [-0.1, -0.05) is 0 Å². The number of hydrogen-bond acceptors (Lipinski definition) is 2. The molecule has 0 atom stereocenters. The fourth-order valence-electron chi connectivity index (χ4n) is 2.13. The first-order valence-corrected chi connectivity index (χ1v) is 5.40. The van der Waals surface area contributed by atoms with E-state index in [-0.39, 0.29) is 18.8 Å². The van der Waals surface area contributed by atoms with E-state index in [9.17, 15) is 8.78 Å². The Kier molecular flexibility index (Phi) is 2.90. The van der Waals surface area contributed by atoms with Gasteiger partial charge in [-0.3, -0.25) is 0 Å². The molecule has 0 spiro atoms. The molecule has 86 valence electrons. The Bertz CT molecular complexity index is 396. The van der Waals surface area contributed by atoms with Crippen molar-refractivity contribution < 1.29 is 8.78 Å². The van der Waals surface area contributed by atoms with E-state index in [0.717, 1.165) is 0 Å².